The van der Waals surface area contributed by atoms with Gasteiger partial charge in [0.05, 0.1) is 0 Å². The highest BCUT2D eigenvalue weighted by molar-refractivity contribution is 5.81. The molecule has 2 bridgehead atoms. The first-order valence-electron chi connectivity index (χ1n) is 5.13. The maximum atomic E-state index is 11.4. The van der Waals surface area contributed by atoms with Gasteiger partial charge in [-0.05, 0) is 37.5 Å². The van der Waals surface area contributed by atoms with Gasteiger partial charge in [0.2, 0.25) is 0 Å². The first-order chi connectivity index (χ1) is 5.94. The van der Waals surface area contributed by atoms with E-state index in [1.807, 2.05) is 0 Å². The molecular weight excluding hydrogens is 160 g/mol. The van der Waals surface area contributed by atoms with Crippen molar-refractivity contribution in [3.8, 4) is 0 Å². The molecule has 0 heterocycles. The van der Waals surface area contributed by atoms with Crippen LogP contribution in [0.15, 0.2) is 11.6 Å². The summed E-state index contributed by atoms with van der Waals surface area (Å²) in [7, 11) is 0. The van der Waals surface area contributed by atoms with Gasteiger partial charge in [-0.15, -0.1) is 0 Å². The SMILES string of the molecule is CC(=O)[C@@H]1C=C(C)[C@H]2C[C@@H]1C2(C)C. The molecule has 0 aromatic heterocycles. The van der Waals surface area contributed by atoms with Gasteiger partial charge in [0.25, 0.3) is 0 Å². The normalized spacial score (nSPS) is 40.6. The molecule has 1 heteroatoms. The predicted octanol–water partition coefficient (Wildman–Crippen LogP) is 2.81. The Bertz CT molecular complexity index is 285. The van der Waals surface area contributed by atoms with Crippen molar-refractivity contribution in [1.82, 2.24) is 0 Å². The Hall–Kier alpha value is -0.590. The molecule has 3 atom stereocenters. The summed E-state index contributed by atoms with van der Waals surface area (Å²) in [6, 6.07) is 0. The van der Waals surface area contributed by atoms with Crippen LogP contribution in [-0.2, 0) is 4.79 Å². The molecule has 0 spiro atoms. The van der Waals surface area contributed by atoms with Gasteiger partial charge in [-0.3, -0.25) is 4.79 Å². The molecule has 13 heavy (non-hydrogen) atoms. The standard InChI is InChI=1S/C12H18O/c1-7-5-9(8(2)13)11-6-10(7)12(11,3)4/h5,9-11H,6H2,1-4H3/t9-,10+,11-/m0/s1. The van der Waals surface area contributed by atoms with Crippen LogP contribution in [0.3, 0.4) is 0 Å². The minimum atomic E-state index is 0.208. The van der Waals surface area contributed by atoms with Gasteiger partial charge in [0, 0.05) is 5.92 Å². The Balaban J connectivity index is 2.35. The van der Waals surface area contributed by atoms with Crippen LogP contribution in [0.5, 0.6) is 0 Å². The Kier molecular flexibility index (Phi) is 1.70. The van der Waals surface area contributed by atoms with Gasteiger partial charge in [0.15, 0.2) is 0 Å². The van der Waals surface area contributed by atoms with E-state index in [4.69, 9.17) is 0 Å². The lowest BCUT2D eigenvalue weighted by molar-refractivity contribution is -0.129. The van der Waals surface area contributed by atoms with E-state index in [-0.39, 0.29) is 5.92 Å². The number of allylic oxidation sites excluding steroid dienone is 2. The molecule has 72 valence electrons. The fourth-order valence-electron chi connectivity index (χ4n) is 3.26. The quantitative estimate of drug-likeness (QED) is 0.564. The Morgan fingerprint density at radius 1 is 1.54 bits per heavy atom. The third-order valence-corrected chi connectivity index (χ3v) is 4.24. The topological polar surface area (TPSA) is 17.1 Å². The summed E-state index contributed by atoms with van der Waals surface area (Å²) in [5.41, 5.74) is 1.81. The highest BCUT2D eigenvalue weighted by Gasteiger charge is 2.54. The lowest BCUT2D eigenvalue weighted by Crippen LogP contribution is -2.53. The van der Waals surface area contributed by atoms with E-state index in [1.54, 1.807) is 6.92 Å². The van der Waals surface area contributed by atoms with E-state index in [9.17, 15) is 4.79 Å². The predicted molar refractivity (Wildman–Crippen MR) is 53.3 cm³/mol. The van der Waals surface area contributed by atoms with E-state index in [0.29, 0.717) is 17.1 Å². The molecule has 0 saturated heterocycles. The summed E-state index contributed by atoms with van der Waals surface area (Å²) in [5.74, 6) is 1.90. The highest BCUT2D eigenvalue weighted by Crippen LogP contribution is 2.61. The third-order valence-electron chi connectivity index (χ3n) is 4.24. The second kappa shape index (κ2) is 2.46. The first-order valence-corrected chi connectivity index (χ1v) is 5.13. The maximum absolute atomic E-state index is 11.4. The average molecular weight is 178 g/mol. The fraction of sp³-hybridized carbons (Fsp3) is 0.750. The van der Waals surface area contributed by atoms with Crippen LogP contribution >= 0.6 is 0 Å². The average Bonchev–Trinajstić information content (AvgIpc) is 2.02. The largest absolute Gasteiger partial charge is 0.299 e. The lowest BCUT2D eigenvalue weighted by atomic mass is 9.46. The Labute approximate surface area is 80.2 Å². The number of ketones is 1. The summed E-state index contributed by atoms with van der Waals surface area (Å²) >= 11 is 0. The molecule has 3 aliphatic rings. The summed E-state index contributed by atoms with van der Waals surface area (Å²) in [6.45, 7) is 8.51. The molecule has 0 radical (unpaired) electrons. The molecule has 0 unspecified atom stereocenters. The van der Waals surface area contributed by atoms with E-state index in [0.717, 1.165) is 5.92 Å². The zero-order valence-corrected chi connectivity index (χ0v) is 8.92. The molecule has 3 aliphatic carbocycles. The monoisotopic (exact) mass is 178 g/mol. The summed E-state index contributed by atoms with van der Waals surface area (Å²) < 4.78 is 0. The fourth-order valence-corrected chi connectivity index (χ4v) is 3.26. The molecule has 1 fully saturated rings. The molecule has 1 nitrogen and oxygen atoms in total. The molecule has 3 rings (SSSR count). The van der Waals surface area contributed by atoms with E-state index < -0.39 is 0 Å². The highest BCUT2D eigenvalue weighted by atomic mass is 16.1. The van der Waals surface area contributed by atoms with Crippen molar-refractivity contribution in [3.05, 3.63) is 11.6 Å². The van der Waals surface area contributed by atoms with Gasteiger partial charge >= 0.3 is 0 Å². The smallest absolute Gasteiger partial charge is 0.136 e. The van der Waals surface area contributed by atoms with Crippen LogP contribution < -0.4 is 0 Å². The minimum Gasteiger partial charge on any atom is -0.299 e. The van der Waals surface area contributed by atoms with Gasteiger partial charge in [-0.25, -0.2) is 0 Å². The van der Waals surface area contributed by atoms with E-state index in [2.05, 4.69) is 26.8 Å². The van der Waals surface area contributed by atoms with Crippen LogP contribution in [0.1, 0.15) is 34.1 Å². The zero-order chi connectivity index (χ0) is 9.80. The van der Waals surface area contributed by atoms with Crippen molar-refractivity contribution in [1.29, 1.82) is 0 Å². The number of hydrogen-bond acceptors (Lipinski definition) is 1. The molecule has 0 aromatic rings. The van der Waals surface area contributed by atoms with Crippen LogP contribution in [-0.4, -0.2) is 5.78 Å². The first kappa shape index (κ1) is 8.98. The second-order valence-corrected chi connectivity index (χ2v) is 5.26. The molecule has 0 aliphatic heterocycles. The lowest BCUT2D eigenvalue weighted by Gasteiger charge is -2.58. The Morgan fingerprint density at radius 2 is 2.15 bits per heavy atom. The molecule has 0 aromatic carbocycles. The molecular formula is C12H18O. The zero-order valence-electron chi connectivity index (χ0n) is 8.92. The second-order valence-electron chi connectivity index (χ2n) is 5.26. The molecule has 1 saturated carbocycles. The van der Waals surface area contributed by atoms with Crippen LogP contribution in [0, 0.1) is 23.2 Å². The Morgan fingerprint density at radius 3 is 2.54 bits per heavy atom. The van der Waals surface area contributed by atoms with Gasteiger partial charge in [-0.1, -0.05) is 25.5 Å². The number of carbonyl (C=O) groups is 1. The van der Waals surface area contributed by atoms with Crippen LogP contribution in [0.4, 0.5) is 0 Å². The van der Waals surface area contributed by atoms with Gasteiger partial charge in [0.1, 0.15) is 5.78 Å². The number of hydrogen-bond donors (Lipinski definition) is 0. The van der Waals surface area contributed by atoms with Crippen molar-refractivity contribution in [2.45, 2.75) is 34.1 Å². The summed E-state index contributed by atoms with van der Waals surface area (Å²) in [4.78, 5) is 11.4. The van der Waals surface area contributed by atoms with Crippen molar-refractivity contribution in [2.75, 3.05) is 0 Å². The maximum Gasteiger partial charge on any atom is 0.136 e. The number of carbonyl (C=O) groups excluding carboxylic acids is 1. The summed E-state index contributed by atoms with van der Waals surface area (Å²) in [6.07, 6.45) is 3.44. The molecule has 0 amide bonds. The van der Waals surface area contributed by atoms with Crippen molar-refractivity contribution < 1.29 is 4.79 Å². The van der Waals surface area contributed by atoms with Crippen molar-refractivity contribution in [3.63, 3.8) is 0 Å². The summed E-state index contributed by atoms with van der Waals surface area (Å²) in [5, 5.41) is 0. The van der Waals surface area contributed by atoms with Crippen molar-refractivity contribution in [2.24, 2.45) is 23.2 Å². The van der Waals surface area contributed by atoms with Gasteiger partial charge in [-0.2, -0.15) is 0 Å². The number of fused-ring (bicyclic) bond motifs is 1. The number of Topliss-reactive ketones (excluding diaryl/α,β-unsaturated/α-hetero) is 1. The minimum absolute atomic E-state index is 0.208. The molecule has 0 N–H and O–H groups in total. The van der Waals surface area contributed by atoms with Crippen LogP contribution in [0.2, 0.25) is 0 Å². The van der Waals surface area contributed by atoms with E-state index in [1.165, 1.54) is 12.0 Å². The van der Waals surface area contributed by atoms with E-state index >= 15 is 0 Å². The third kappa shape index (κ3) is 1.02. The number of rotatable bonds is 1. The van der Waals surface area contributed by atoms with Crippen LogP contribution in [0.25, 0.3) is 0 Å². The van der Waals surface area contributed by atoms with Gasteiger partial charge < -0.3 is 0 Å². The van der Waals surface area contributed by atoms with Crippen molar-refractivity contribution >= 4 is 5.78 Å².